The van der Waals surface area contributed by atoms with E-state index in [2.05, 4.69) is 74.5 Å². The molecular weight excluding hydrogens is 371 g/mol. The number of hydrogen-bond acceptors (Lipinski definition) is 0. The van der Waals surface area contributed by atoms with Crippen LogP contribution in [0.3, 0.4) is 0 Å². The molecule has 0 saturated carbocycles. The van der Waals surface area contributed by atoms with Crippen LogP contribution in [0.5, 0.6) is 0 Å². The van der Waals surface area contributed by atoms with Gasteiger partial charge in [0.1, 0.15) is 0 Å². The average Bonchev–Trinajstić information content (AvgIpc) is 2.92. The van der Waals surface area contributed by atoms with Gasteiger partial charge >= 0.3 is 0 Å². The number of halogens is 2. The summed E-state index contributed by atoms with van der Waals surface area (Å²) in [7, 11) is 0. The van der Waals surface area contributed by atoms with E-state index < -0.39 is 0 Å². The highest BCUT2D eigenvalue weighted by Crippen LogP contribution is 2.43. The third-order valence-electron chi connectivity index (χ3n) is 5.28. The van der Waals surface area contributed by atoms with Crippen molar-refractivity contribution >= 4 is 34.9 Å². The third kappa shape index (κ3) is 3.48. The molecule has 0 aromatic heterocycles. The van der Waals surface area contributed by atoms with E-state index in [0.717, 1.165) is 26.7 Å². The van der Waals surface area contributed by atoms with Gasteiger partial charge in [-0.15, -0.1) is 0 Å². The zero-order chi connectivity index (χ0) is 19.0. The molecule has 0 fully saturated rings. The summed E-state index contributed by atoms with van der Waals surface area (Å²) in [5.41, 5.74) is 7.34. The van der Waals surface area contributed by atoms with Gasteiger partial charge in [0, 0.05) is 15.5 Å². The van der Waals surface area contributed by atoms with Crippen LogP contribution in [-0.2, 0) is 5.41 Å². The maximum absolute atomic E-state index is 6.11. The number of fused-ring (bicyclic) bond motifs is 1. The lowest BCUT2D eigenvalue weighted by Gasteiger charge is -2.24. The Morgan fingerprint density at radius 3 is 1.78 bits per heavy atom. The minimum atomic E-state index is -0.0410. The normalized spacial score (nSPS) is 14.4. The Morgan fingerprint density at radius 2 is 1.26 bits per heavy atom. The first-order valence-electron chi connectivity index (χ1n) is 9.00. The van der Waals surface area contributed by atoms with Crippen molar-refractivity contribution in [3.63, 3.8) is 0 Å². The zero-order valence-corrected chi connectivity index (χ0v) is 16.9. The number of rotatable bonds is 3. The van der Waals surface area contributed by atoms with Crippen LogP contribution in [0.2, 0.25) is 10.0 Å². The molecule has 27 heavy (non-hydrogen) atoms. The Kier molecular flexibility index (Phi) is 4.72. The smallest absolute Gasteiger partial charge is 0.0406 e. The monoisotopic (exact) mass is 390 g/mol. The van der Waals surface area contributed by atoms with E-state index >= 15 is 0 Å². The topological polar surface area (TPSA) is 0 Å². The predicted molar refractivity (Wildman–Crippen MR) is 117 cm³/mol. The Hall–Kier alpha value is -2.28. The van der Waals surface area contributed by atoms with E-state index in [4.69, 9.17) is 23.2 Å². The SMILES string of the molecule is CC1(C)C(C=C(c2ccc(Cl)cc2)c2ccc(Cl)cc2)=Cc2ccccc21. The molecule has 0 N–H and O–H groups in total. The lowest BCUT2D eigenvalue weighted by molar-refractivity contribution is 0.655. The molecule has 3 aromatic rings. The lowest BCUT2D eigenvalue weighted by atomic mass is 9.80. The molecule has 0 atom stereocenters. The molecule has 0 nitrogen and oxygen atoms in total. The second-order valence-electron chi connectivity index (χ2n) is 7.38. The summed E-state index contributed by atoms with van der Waals surface area (Å²) in [5.74, 6) is 0. The van der Waals surface area contributed by atoms with Crippen molar-refractivity contribution in [1.82, 2.24) is 0 Å². The van der Waals surface area contributed by atoms with E-state index in [-0.39, 0.29) is 5.41 Å². The molecule has 0 saturated heterocycles. The summed E-state index contributed by atoms with van der Waals surface area (Å²) in [6.07, 6.45) is 4.59. The van der Waals surface area contributed by atoms with Crippen LogP contribution in [0, 0.1) is 0 Å². The van der Waals surface area contributed by atoms with Crippen LogP contribution >= 0.6 is 23.2 Å². The van der Waals surface area contributed by atoms with E-state index in [1.165, 1.54) is 16.7 Å². The van der Waals surface area contributed by atoms with E-state index in [1.807, 2.05) is 24.3 Å². The Balaban J connectivity index is 1.86. The summed E-state index contributed by atoms with van der Waals surface area (Å²) in [5, 5.41) is 1.48. The quantitative estimate of drug-likeness (QED) is 0.427. The van der Waals surface area contributed by atoms with Gasteiger partial charge in [0.05, 0.1) is 0 Å². The average molecular weight is 391 g/mol. The van der Waals surface area contributed by atoms with Gasteiger partial charge in [-0.1, -0.05) is 91.7 Å². The Morgan fingerprint density at radius 1 is 0.741 bits per heavy atom. The first kappa shape index (κ1) is 18.1. The molecule has 0 aliphatic heterocycles. The van der Waals surface area contributed by atoms with Crippen molar-refractivity contribution in [2.75, 3.05) is 0 Å². The van der Waals surface area contributed by atoms with Gasteiger partial charge in [-0.2, -0.15) is 0 Å². The first-order chi connectivity index (χ1) is 12.9. The van der Waals surface area contributed by atoms with Gasteiger partial charge < -0.3 is 0 Å². The van der Waals surface area contributed by atoms with Crippen molar-refractivity contribution in [3.8, 4) is 0 Å². The van der Waals surface area contributed by atoms with E-state index in [9.17, 15) is 0 Å². The molecule has 1 aliphatic carbocycles. The highest BCUT2D eigenvalue weighted by atomic mass is 35.5. The Labute approximate surface area is 170 Å². The van der Waals surface area contributed by atoms with Gasteiger partial charge in [0.25, 0.3) is 0 Å². The molecule has 1 aliphatic rings. The van der Waals surface area contributed by atoms with Gasteiger partial charge in [0.15, 0.2) is 0 Å². The first-order valence-corrected chi connectivity index (χ1v) is 9.76. The van der Waals surface area contributed by atoms with Gasteiger partial charge in [-0.05, 0) is 63.7 Å². The highest BCUT2D eigenvalue weighted by Gasteiger charge is 2.31. The second kappa shape index (κ2) is 7.03. The molecule has 0 amide bonds. The molecule has 0 heterocycles. The number of allylic oxidation sites excluding steroid dienone is 2. The van der Waals surface area contributed by atoms with E-state index in [1.54, 1.807) is 0 Å². The van der Waals surface area contributed by atoms with Crippen molar-refractivity contribution < 1.29 is 0 Å². The third-order valence-corrected chi connectivity index (χ3v) is 5.78. The predicted octanol–water partition coefficient (Wildman–Crippen LogP) is 7.80. The summed E-state index contributed by atoms with van der Waals surface area (Å²) < 4.78 is 0. The van der Waals surface area contributed by atoms with Crippen LogP contribution in [0.25, 0.3) is 11.6 Å². The summed E-state index contributed by atoms with van der Waals surface area (Å²) in [6.45, 7) is 4.56. The maximum atomic E-state index is 6.11. The Bertz CT molecular complexity index is 989. The van der Waals surface area contributed by atoms with Crippen LogP contribution in [0.4, 0.5) is 0 Å². The van der Waals surface area contributed by atoms with Crippen LogP contribution in [-0.4, -0.2) is 0 Å². The van der Waals surface area contributed by atoms with Crippen molar-refractivity contribution in [1.29, 1.82) is 0 Å². The highest BCUT2D eigenvalue weighted by molar-refractivity contribution is 6.31. The molecule has 0 radical (unpaired) electrons. The van der Waals surface area contributed by atoms with Crippen LogP contribution in [0.1, 0.15) is 36.1 Å². The largest absolute Gasteiger partial charge is 0.0843 e. The van der Waals surface area contributed by atoms with Crippen LogP contribution < -0.4 is 0 Å². The lowest BCUT2D eigenvalue weighted by Crippen LogP contribution is -2.16. The van der Waals surface area contributed by atoms with E-state index in [0.29, 0.717) is 0 Å². The second-order valence-corrected chi connectivity index (χ2v) is 8.26. The van der Waals surface area contributed by atoms with Crippen molar-refractivity contribution in [2.45, 2.75) is 19.3 Å². The van der Waals surface area contributed by atoms with Gasteiger partial charge in [-0.3, -0.25) is 0 Å². The standard InChI is InChI=1S/C25H20Cl2/c1-25(2)20(15-19-5-3-4-6-24(19)25)16-23(17-7-11-21(26)12-8-17)18-9-13-22(27)14-10-18/h3-16H,1-2H3. The van der Waals surface area contributed by atoms with Crippen LogP contribution in [0.15, 0.2) is 84.4 Å². The zero-order valence-electron chi connectivity index (χ0n) is 15.3. The summed E-state index contributed by atoms with van der Waals surface area (Å²) >= 11 is 12.2. The molecule has 0 unspecified atom stereocenters. The maximum Gasteiger partial charge on any atom is 0.0406 e. The molecule has 2 heteroatoms. The fourth-order valence-corrected chi connectivity index (χ4v) is 3.92. The minimum absolute atomic E-state index is 0.0410. The molecule has 4 rings (SSSR count). The number of hydrogen-bond donors (Lipinski definition) is 0. The fraction of sp³-hybridized carbons (Fsp3) is 0.120. The molecule has 134 valence electrons. The van der Waals surface area contributed by atoms with Gasteiger partial charge in [0.2, 0.25) is 0 Å². The molecule has 0 bridgehead atoms. The summed E-state index contributed by atoms with van der Waals surface area (Å²) in [4.78, 5) is 0. The molecule has 0 spiro atoms. The number of benzene rings is 3. The summed E-state index contributed by atoms with van der Waals surface area (Å²) in [6, 6.07) is 24.6. The fourth-order valence-electron chi connectivity index (χ4n) is 3.67. The molecule has 3 aromatic carbocycles. The van der Waals surface area contributed by atoms with Crippen molar-refractivity contribution in [2.24, 2.45) is 0 Å². The van der Waals surface area contributed by atoms with Gasteiger partial charge in [-0.25, -0.2) is 0 Å². The minimum Gasteiger partial charge on any atom is -0.0843 e. The molecular formula is C25H20Cl2. The van der Waals surface area contributed by atoms with Crippen molar-refractivity contribution in [3.05, 3.63) is 117 Å².